The van der Waals surface area contributed by atoms with E-state index >= 15 is 0 Å². The molecule has 2 rings (SSSR count). The van der Waals surface area contributed by atoms with Crippen molar-refractivity contribution in [1.29, 1.82) is 0 Å². The van der Waals surface area contributed by atoms with E-state index in [4.69, 9.17) is 5.73 Å². The zero-order valence-corrected chi connectivity index (χ0v) is 7.70. The van der Waals surface area contributed by atoms with E-state index in [1.165, 1.54) is 18.2 Å². The summed E-state index contributed by atoms with van der Waals surface area (Å²) in [7, 11) is 0. The van der Waals surface area contributed by atoms with Crippen molar-refractivity contribution in [3.63, 3.8) is 0 Å². The summed E-state index contributed by atoms with van der Waals surface area (Å²) < 4.78 is 13.0. The third kappa shape index (κ3) is 1.58. The maximum Gasteiger partial charge on any atom is 0.123 e. The Morgan fingerprint density at radius 2 is 2.21 bits per heavy atom. The van der Waals surface area contributed by atoms with E-state index in [2.05, 4.69) is 5.32 Å². The van der Waals surface area contributed by atoms with Crippen molar-refractivity contribution in [3.05, 3.63) is 29.6 Å². The lowest BCUT2D eigenvalue weighted by molar-refractivity contribution is 0.456. The van der Waals surface area contributed by atoms with Gasteiger partial charge in [-0.25, -0.2) is 4.39 Å². The Morgan fingerprint density at radius 3 is 2.86 bits per heavy atom. The summed E-state index contributed by atoms with van der Waals surface area (Å²) in [6.45, 7) is 1.40. The number of hydrogen-bond acceptors (Lipinski definition) is 3. The zero-order chi connectivity index (χ0) is 10.1. The molecule has 14 heavy (non-hydrogen) atoms. The Bertz CT molecular complexity index is 343. The first kappa shape index (κ1) is 9.43. The minimum atomic E-state index is -0.336. The highest BCUT2D eigenvalue weighted by atomic mass is 19.1. The predicted molar refractivity (Wildman–Crippen MR) is 51.7 cm³/mol. The van der Waals surface area contributed by atoms with Crippen molar-refractivity contribution in [2.45, 2.75) is 12.0 Å². The van der Waals surface area contributed by atoms with Crippen molar-refractivity contribution in [3.8, 4) is 5.75 Å². The molecule has 3 nitrogen and oxygen atoms in total. The summed E-state index contributed by atoms with van der Waals surface area (Å²) in [6.07, 6.45) is 0. The monoisotopic (exact) mass is 196 g/mol. The van der Waals surface area contributed by atoms with Gasteiger partial charge in [0.2, 0.25) is 0 Å². The molecular weight excluding hydrogens is 183 g/mol. The van der Waals surface area contributed by atoms with Gasteiger partial charge < -0.3 is 16.2 Å². The van der Waals surface area contributed by atoms with Crippen LogP contribution in [0.3, 0.4) is 0 Å². The molecule has 1 heterocycles. The SMILES string of the molecule is NC1CNCC1c1cc(F)ccc1O. The fraction of sp³-hybridized carbons (Fsp3) is 0.400. The van der Waals surface area contributed by atoms with E-state index in [1.54, 1.807) is 0 Å². The largest absolute Gasteiger partial charge is 0.508 e. The number of hydrogen-bond donors (Lipinski definition) is 3. The number of phenols is 1. The Labute approximate surface area is 81.7 Å². The van der Waals surface area contributed by atoms with Gasteiger partial charge in [-0.15, -0.1) is 0 Å². The molecule has 1 saturated heterocycles. The second kappa shape index (κ2) is 3.55. The number of halogens is 1. The lowest BCUT2D eigenvalue weighted by Gasteiger charge is -2.15. The van der Waals surface area contributed by atoms with Gasteiger partial charge in [-0.2, -0.15) is 0 Å². The van der Waals surface area contributed by atoms with Gasteiger partial charge >= 0.3 is 0 Å². The molecule has 2 unspecified atom stereocenters. The first-order chi connectivity index (χ1) is 6.68. The Hall–Kier alpha value is -1.13. The van der Waals surface area contributed by atoms with Crippen LogP contribution in [0.25, 0.3) is 0 Å². The molecule has 1 aromatic rings. The molecule has 2 atom stereocenters. The molecule has 1 aromatic carbocycles. The van der Waals surface area contributed by atoms with Crippen molar-refractivity contribution in [1.82, 2.24) is 5.32 Å². The topological polar surface area (TPSA) is 58.3 Å². The van der Waals surface area contributed by atoms with E-state index < -0.39 is 0 Å². The van der Waals surface area contributed by atoms with Gasteiger partial charge in [0.15, 0.2) is 0 Å². The van der Waals surface area contributed by atoms with Crippen molar-refractivity contribution >= 4 is 0 Å². The highest BCUT2D eigenvalue weighted by Gasteiger charge is 2.27. The van der Waals surface area contributed by atoms with Crippen LogP contribution in [-0.2, 0) is 0 Å². The number of aromatic hydroxyl groups is 1. The fourth-order valence-corrected chi connectivity index (χ4v) is 1.86. The average Bonchev–Trinajstić information content (AvgIpc) is 2.56. The number of nitrogens with two attached hydrogens (primary N) is 1. The minimum Gasteiger partial charge on any atom is -0.508 e. The van der Waals surface area contributed by atoms with Crippen molar-refractivity contribution in [2.24, 2.45) is 5.73 Å². The first-order valence-electron chi connectivity index (χ1n) is 4.63. The van der Waals surface area contributed by atoms with E-state index in [-0.39, 0.29) is 23.5 Å². The normalized spacial score (nSPS) is 26.7. The summed E-state index contributed by atoms with van der Waals surface area (Å²) >= 11 is 0. The number of nitrogens with one attached hydrogen (secondary N) is 1. The van der Waals surface area contributed by atoms with Crippen LogP contribution < -0.4 is 11.1 Å². The van der Waals surface area contributed by atoms with Crippen LogP contribution in [0.2, 0.25) is 0 Å². The molecule has 76 valence electrons. The summed E-state index contributed by atoms with van der Waals surface area (Å²) in [5.41, 5.74) is 6.43. The zero-order valence-electron chi connectivity index (χ0n) is 7.70. The van der Waals surface area contributed by atoms with Gasteiger partial charge in [0.05, 0.1) is 0 Å². The second-order valence-electron chi connectivity index (χ2n) is 3.63. The first-order valence-corrected chi connectivity index (χ1v) is 4.63. The molecule has 0 spiro atoms. The third-order valence-corrected chi connectivity index (χ3v) is 2.65. The molecule has 0 bridgehead atoms. The average molecular weight is 196 g/mol. The van der Waals surface area contributed by atoms with E-state index in [0.29, 0.717) is 18.7 Å². The van der Waals surface area contributed by atoms with Crippen LogP contribution in [0.4, 0.5) is 4.39 Å². The van der Waals surface area contributed by atoms with E-state index in [1.807, 2.05) is 0 Å². The molecule has 0 aliphatic carbocycles. The highest BCUT2D eigenvalue weighted by molar-refractivity contribution is 5.37. The summed E-state index contributed by atoms with van der Waals surface area (Å²) in [5.74, 6) is -0.210. The minimum absolute atomic E-state index is 0.00528. The van der Waals surface area contributed by atoms with Gasteiger partial charge in [0.1, 0.15) is 11.6 Å². The van der Waals surface area contributed by atoms with Crippen LogP contribution in [0.1, 0.15) is 11.5 Å². The van der Waals surface area contributed by atoms with Crippen LogP contribution in [0, 0.1) is 5.82 Å². The molecule has 0 saturated carbocycles. The Morgan fingerprint density at radius 1 is 1.43 bits per heavy atom. The van der Waals surface area contributed by atoms with Crippen molar-refractivity contribution in [2.75, 3.05) is 13.1 Å². The maximum absolute atomic E-state index is 13.0. The maximum atomic E-state index is 13.0. The lowest BCUT2D eigenvalue weighted by atomic mass is 9.94. The Balaban J connectivity index is 2.34. The highest BCUT2D eigenvalue weighted by Crippen LogP contribution is 2.29. The predicted octanol–water partition coefficient (Wildman–Crippen LogP) is 0.545. The molecule has 0 radical (unpaired) electrons. The third-order valence-electron chi connectivity index (χ3n) is 2.65. The molecule has 1 aliphatic rings. The van der Waals surface area contributed by atoms with Crippen LogP contribution in [0.15, 0.2) is 18.2 Å². The van der Waals surface area contributed by atoms with Crippen LogP contribution in [-0.4, -0.2) is 24.2 Å². The lowest BCUT2D eigenvalue weighted by Crippen LogP contribution is -2.27. The number of benzene rings is 1. The Kier molecular flexibility index (Phi) is 2.39. The fourth-order valence-electron chi connectivity index (χ4n) is 1.86. The summed E-state index contributed by atoms with van der Waals surface area (Å²) in [5, 5.41) is 12.7. The van der Waals surface area contributed by atoms with Gasteiger partial charge in [-0.1, -0.05) is 0 Å². The van der Waals surface area contributed by atoms with Gasteiger partial charge in [0, 0.05) is 30.6 Å². The van der Waals surface area contributed by atoms with E-state index in [0.717, 1.165) is 0 Å². The molecule has 0 aromatic heterocycles. The molecule has 1 fully saturated rings. The molecule has 4 N–H and O–H groups in total. The standard InChI is InChI=1S/C10H13FN2O/c11-6-1-2-10(14)7(3-6)8-4-13-5-9(8)12/h1-3,8-9,13-14H,4-5,12H2. The molecule has 4 heteroatoms. The van der Waals surface area contributed by atoms with Gasteiger partial charge in [-0.05, 0) is 18.2 Å². The molecular formula is C10H13FN2O. The number of phenolic OH excluding ortho intramolecular Hbond substituents is 1. The molecule has 0 amide bonds. The van der Waals surface area contributed by atoms with Crippen LogP contribution >= 0.6 is 0 Å². The number of rotatable bonds is 1. The smallest absolute Gasteiger partial charge is 0.123 e. The second-order valence-corrected chi connectivity index (χ2v) is 3.63. The molecule has 1 aliphatic heterocycles. The van der Waals surface area contributed by atoms with Gasteiger partial charge in [0.25, 0.3) is 0 Å². The summed E-state index contributed by atoms with van der Waals surface area (Å²) in [4.78, 5) is 0. The summed E-state index contributed by atoms with van der Waals surface area (Å²) in [6, 6.07) is 3.91. The van der Waals surface area contributed by atoms with Crippen molar-refractivity contribution < 1.29 is 9.50 Å². The van der Waals surface area contributed by atoms with Gasteiger partial charge in [-0.3, -0.25) is 0 Å². The quantitative estimate of drug-likeness (QED) is 0.614. The van der Waals surface area contributed by atoms with E-state index in [9.17, 15) is 9.50 Å². The van der Waals surface area contributed by atoms with Crippen LogP contribution in [0.5, 0.6) is 5.75 Å².